The van der Waals surface area contributed by atoms with Gasteiger partial charge >= 0.3 is 0 Å². The highest BCUT2D eigenvalue weighted by molar-refractivity contribution is 6.18. The monoisotopic (exact) mass is 192 g/mol. The molecule has 0 unspecified atom stereocenters. The van der Waals surface area contributed by atoms with Crippen LogP contribution in [-0.2, 0) is 0 Å². The van der Waals surface area contributed by atoms with E-state index >= 15 is 0 Å². The maximum Gasteiger partial charge on any atom is 0.0871 e. The van der Waals surface area contributed by atoms with Crippen LogP contribution in [0.15, 0.2) is 24.4 Å². The van der Waals surface area contributed by atoms with Crippen LogP contribution >= 0.6 is 11.8 Å². The molecule has 0 N–H and O–H groups in total. The van der Waals surface area contributed by atoms with Crippen LogP contribution in [0.3, 0.4) is 0 Å². The summed E-state index contributed by atoms with van der Waals surface area (Å²) >= 11 is 5.83. The minimum absolute atomic E-state index is 0.795. The van der Waals surface area contributed by atoms with E-state index in [-0.39, 0.29) is 0 Å². The molecule has 3 heteroatoms. The normalized spacial score (nSPS) is 16.7. The average Bonchev–Trinajstić information content (AvgIpc) is 2.93. The molecule has 1 aromatic heterocycles. The second kappa shape index (κ2) is 2.48. The highest BCUT2D eigenvalue weighted by Crippen LogP contribution is 2.40. The number of hydrogen-bond donors (Lipinski definition) is 0. The van der Waals surface area contributed by atoms with Crippen molar-refractivity contribution < 1.29 is 0 Å². The third kappa shape index (κ3) is 1.13. The van der Waals surface area contributed by atoms with Crippen LogP contribution in [0, 0.1) is 0 Å². The Balaban J connectivity index is 2.21. The molecule has 66 valence electrons. The zero-order chi connectivity index (χ0) is 8.84. The summed E-state index contributed by atoms with van der Waals surface area (Å²) < 4.78 is 1.39. The van der Waals surface area contributed by atoms with Gasteiger partial charge in [0.05, 0.1) is 11.7 Å². The van der Waals surface area contributed by atoms with E-state index in [2.05, 4.69) is 17.2 Å². The lowest BCUT2D eigenvalue weighted by molar-refractivity contribution is 1.02. The SMILES string of the molecule is Cln1ncc2cc(C3CC3)ccc21. The first-order chi connectivity index (χ1) is 6.34. The molecule has 1 aliphatic carbocycles. The van der Waals surface area contributed by atoms with Gasteiger partial charge in [-0.2, -0.15) is 9.30 Å². The highest BCUT2D eigenvalue weighted by Gasteiger charge is 2.23. The molecule has 1 saturated carbocycles. The fourth-order valence-corrected chi connectivity index (χ4v) is 1.89. The van der Waals surface area contributed by atoms with Crippen LogP contribution in [0.5, 0.6) is 0 Å². The smallest absolute Gasteiger partial charge is 0.0871 e. The summed E-state index contributed by atoms with van der Waals surface area (Å²) in [5.41, 5.74) is 2.42. The van der Waals surface area contributed by atoms with Gasteiger partial charge in [0.1, 0.15) is 0 Å². The fourth-order valence-electron chi connectivity index (χ4n) is 1.69. The summed E-state index contributed by atoms with van der Waals surface area (Å²) in [5.74, 6) is 0.795. The van der Waals surface area contributed by atoms with Gasteiger partial charge in [0, 0.05) is 17.2 Å². The molecule has 0 spiro atoms. The molecule has 0 bridgehead atoms. The topological polar surface area (TPSA) is 17.8 Å². The van der Waals surface area contributed by atoms with Crippen molar-refractivity contribution in [3.8, 4) is 0 Å². The van der Waals surface area contributed by atoms with Gasteiger partial charge in [-0.3, -0.25) is 0 Å². The van der Waals surface area contributed by atoms with E-state index in [1.54, 1.807) is 0 Å². The first-order valence-electron chi connectivity index (χ1n) is 4.48. The van der Waals surface area contributed by atoms with E-state index in [1.807, 2.05) is 12.3 Å². The zero-order valence-corrected chi connectivity index (χ0v) is 7.83. The molecule has 0 amide bonds. The Labute approximate surface area is 81.2 Å². The zero-order valence-electron chi connectivity index (χ0n) is 7.07. The van der Waals surface area contributed by atoms with Crippen LogP contribution in [0.1, 0.15) is 24.3 Å². The molecule has 2 aromatic rings. The standard InChI is InChI=1S/C10H9ClN2/c11-13-10-4-3-8(7-1-2-7)5-9(10)6-12-13/h3-7H,1-2H2. The lowest BCUT2D eigenvalue weighted by Gasteiger charge is -1.97. The molecular weight excluding hydrogens is 184 g/mol. The molecular formula is C10H9ClN2. The maximum absolute atomic E-state index is 5.83. The molecule has 13 heavy (non-hydrogen) atoms. The predicted molar refractivity (Wildman–Crippen MR) is 53.0 cm³/mol. The fraction of sp³-hybridized carbons (Fsp3) is 0.300. The van der Waals surface area contributed by atoms with Crippen LogP contribution in [0.4, 0.5) is 0 Å². The Morgan fingerprint density at radius 3 is 3.00 bits per heavy atom. The minimum Gasteiger partial charge on any atom is -0.172 e. The van der Waals surface area contributed by atoms with Gasteiger partial charge in [0.2, 0.25) is 0 Å². The van der Waals surface area contributed by atoms with Gasteiger partial charge in [-0.05, 0) is 36.5 Å². The third-order valence-electron chi connectivity index (χ3n) is 2.60. The highest BCUT2D eigenvalue weighted by atomic mass is 35.5. The maximum atomic E-state index is 5.83. The van der Waals surface area contributed by atoms with Gasteiger partial charge in [-0.25, -0.2) is 0 Å². The van der Waals surface area contributed by atoms with E-state index in [0.717, 1.165) is 16.8 Å². The number of halogens is 1. The summed E-state index contributed by atoms with van der Waals surface area (Å²) in [6, 6.07) is 6.39. The number of fused-ring (bicyclic) bond motifs is 1. The average molecular weight is 193 g/mol. The van der Waals surface area contributed by atoms with E-state index in [9.17, 15) is 0 Å². The summed E-state index contributed by atoms with van der Waals surface area (Å²) in [5, 5.41) is 5.14. The molecule has 3 rings (SSSR count). The largest absolute Gasteiger partial charge is 0.172 e. The summed E-state index contributed by atoms with van der Waals surface area (Å²) in [4.78, 5) is 0. The Morgan fingerprint density at radius 1 is 1.38 bits per heavy atom. The van der Waals surface area contributed by atoms with Gasteiger partial charge in [-0.1, -0.05) is 6.07 Å². The molecule has 0 saturated heterocycles. The third-order valence-corrected chi connectivity index (χ3v) is 2.87. The molecule has 1 aliphatic rings. The summed E-state index contributed by atoms with van der Waals surface area (Å²) in [6.07, 6.45) is 4.48. The molecule has 2 nitrogen and oxygen atoms in total. The first-order valence-corrected chi connectivity index (χ1v) is 4.82. The Kier molecular flexibility index (Phi) is 1.41. The van der Waals surface area contributed by atoms with E-state index in [0.29, 0.717) is 0 Å². The Morgan fingerprint density at radius 2 is 2.23 bits per heavy atom. The minimum atomic E-state index is 0.795. The Bertz CT molecular complexity index is 457. The molecule has 0 atom stereocenters. The molecule has 1 heterocycles. The van der Waals surface area contributed by atoms with E-state index in [1.165, 1.54) is 22.6 Å². The quantitative estimate of drug-likeness (QED) is 0.680. The van der Waals surface area contributed by atoms with Crippen molar-refractivity contribution >= 4 is 22.7 Å². The lowest BCUT2D eigenvalue weighted by Crippen LogP contribution is -1.82. The second-order valence-electron chi connectivity index (χ2n) is 3.60. The van der Waals surface area contributed by atoms with Crippen molar-refractivity contribution in [2.45, 2.75) is 18.8 Å². The summed E-state index contributed by atoms with van der Waals surface area (Å²) in [6.45, 7) is 0. The van der Waals surface area contributed by atoms with Gasteiger partial charge in [0.15, 0.2) is 0 Å². The number of aromatic nitrogens is 2. The molecule has 0 radical (unpaired) electrons. The first kappa shape index (κ1) is 7.39. The second-order valence-corrected chi connectivity index (χ2v) is 3.92. The number of benzene rings is 1. The number of rotatable bonds is 1. The van der Waals surface area contributed by atoms with E-state index < -0.39 is 0 Å². The van der Waals surface area contributed by atoms with Crippen molar-refractivity contribution in [2.75, 3.05) is 0 Å². The van der Waals surface area contributed by atoms with Crippen molar-refractivity contribution in [3.05, 3.63) is 30.0 Å². The van der Waals surface area contributed by atoms with Crippen molar-refractivity contribution in [1.82, 2.24) is 9.30 Å². The van der Waals surface area contributed by atoms with Crippen molar-refractivity contribution in [2.24, 2.45) is 0 Å². The van der Waals surface area contributed by atoms with E-state index in [4.69, 9.17) is 11.8 Å². The Hall–Kier alpha value is -1.02. The predicted octanol–water partition coefficient (Wildman–Crippen LogP) is 2.92. The van der Waals surface area contributed by atoms with Crippen LogP contribution in [0.25, 0.3) is 10.9 Å². The van der Waals surface area contributed by atoms with Crippen molar-refractivity contribution in [1.29, 1.82) is 0 Å². The van der Waals surface area contributed by atoms with Gasteiger partial charge in [-0.15, -0.1) is 0 Å². The number of nitrogens with zero attached hydrogens (tertiary/aromatic N) is 2. The number of hydrogen-bond acceptors (Lipinski definition) is 1. The van der Waals surface area contributed by atoms with Crippen LogP contribution in [-0.4, -0.2) is 9.30 Å². The van der Waals surface area contributed by atoms with Crippen LogP contribution < -0.4 is 0 Å². The molecule has 1 fully saturated rings. The van der Waals surface area contributed by atoms with Gasteiger partial charge < -0.3 is 0 Å². The lowest BCUT2D eigenvalue weighted by atomic mass is 10.1. The van der Waals surface area contributed by atoms with Crippen molar-refractivity contribution in [3.63, 3.8) is 0 Å². The molecule has 1 aromatic carbocycles. The van der Waals surface area contributed by atoms with Gasteiger partial charge in [0.25, 0.3) is 0 Å². The van der Waals surface area contributed by atoms with Crippen LogP contribution in [0.2, 0.25) is 0 Å². The summed E-state index contributed by atoms with van der Waals surface area (Å²) in [7, 11) is 0. The molecule has 0 aliphatic heterocycles.